The summed E-state index contributed by atoms with van der Waals surface area (Å²) in [4.78, 5) is 13.9. The van der Waals surface area contributed by atoms with Gasteiger partial charge in [-0.2, -0.15) is 0 Å². The van der Waals surface area contributed by atoms with E-state index >= 15 is 0 Å². The van der Waals surface area contributed by atoms with Crippen LogP contribution in [0.1, 0.15) is 16.8 Å². The summed E-state index contributed by atoms with van der Waals surface area (Å²) in [5, 5.41) is 0. The molecule has 5 heteroatoms. The molecular formula is C12H14BrFN2O. The minimum atomic E-state index is -0.359. The van der Waals surface area contributed by atoms with Crippen LogP contribution in [-0.2, 0) is 0 Å². The maximum atomic E-state index is 13.1. The number of nitrogens with two attached hydrogens (primary N) is 1. The predicted molar refractivity (Wildman–Crippen MR) is 67.2 cm³/mol. The second kappa shape index (κ2) is 5.14. The third-order valence-electron chi connectivity index (χ3n) is 3.07. The Morgan fingerprint density at radius 1 is 1.59 bits per heavy atom. The molecule has 1 fully saturated rings. The van der Waals surface area contributed by atoms with E-state index in [0.29, 0.717) is 29.0 Å². The van der Waals surface area contributed by atoms with E-state index in [-0.39, 0.29) is 11.7 Å². The molecule has 0 saturated carbocycles. The Hall–Kier alpha value is -0.940. The molecule has 0 spiro atoms. The normalized spacial score (nSPS) is 19.7. The van der Waals surface area contributed by atoms with Gasteiger partial charge in [0.1, 0.15) is 5.82 Å². The fourth-order valence-electron chi connectivity index (χ4n) is 2.02. The summed E-state index contributed by atoms with van der Waals surface area (Å²) in [5.41, 5.74) is 6.09. The molecule has 2 rings (SSSR count). The topological polar surface area (TPSA) is 46.3 Å². The van der Waals surface area contributed by atoms with Crippen molar-refractivity contribution in [2.75, 3.05) is 19.6 Å². The molecular weight excluding hydrogens is 287 g/mol. The molecule has 1 aliphatic heterocycles. The van der Waals surface area contributed by atoms with Crippen molar-refractivity contribution in [1.29, 1.82) is 0 Å². The molecule has 0 bridgehead atoms. The van der Waals surface area contributed by atoms with E-state index < -0.39 is 0 Å². The van der Waals surface area contributed by atoms with Gasteiger partial charge in [0.2, 0.25) is 0 Å². The Morgan fingerprint density at radius 2 is 2.35 bits per heavy atom. The molecule has 1 aromatic rings. The fraction of sp³-hybridized carbons (Fsp3) is 0.417. The van der Waals surface area contributed by atoms with Crippen LogP contribution < -0.4 is 5.73 Å². The van der Waals surface area contributed by atoms with E-state index in [9.17, 15) is 9.18 Å². The summed E-state index contributed by atoms with van der Waals surface area (Å²) in [6.45, 7) is 2.04. The number of hydrogen-bond donors (Lipinski definition) is 1. The van der Waals surface area contributed by atoms with Crippen molar-refractivity contribution in [2.45, 2.75) is 6.42 Å². The highest BCUT2D eigenvalue weighted by Gasteiger charge is 2.26. The summed E-state index contributed by atoms with van der Waals surface area (Å²) in [6.07, 6.45) is 0.949. The average molecular weight is 301 g/mol. The average Bonchev–Trinajstić information content (AvgIpc) is 2.80. The van der Waals surface area contributed by atoms with Gasteiger partial charge in [-0.15, -0.1) is 0 Å². The quantitative estimate of drug-likeness (QED) is 0.908. The van der Waals surface area contributed by atoms with Crippen molar-refractivity contribution in [3.05, 3.63) is 34.1 Å². The number of nitrogens with zero attached hydrogens (tertiary/aromatic N) is 1. The van der Waals surface area contributed by atoms with Gasteiger partial charge < -0.3 is 10.6 Å². The van der Waals surface area contributed by atoms with Crippen molar-refractivity contribution in [3.8, 4) is 0 Å². The summed E-state index contributed by atoms with van der Waals surface area (Å²) < 4.78 is 13.4. The van der Waals surface area contributed by atoms with Crippen LogP contribution in [0, 0.1) is 11.7 Å². The standard InChI is InChI=1S/C12H14BrFN2O/c13-10-5-9(1-2-11(10)14)12(17)16-4-3-8(6-15)7-16/h1-2,5,8H,3-4,6-7,15H2/t8-/m1/s1. The van der Waals surface area contributed by atoms with Crippen LogP contribution in [-0.4, -0.2) is 30.4 Å². The van der Waals surface area contributed by atoms with Gasteiger partial charge in [0.05, 0.1) is 4.47 Å². The predicted octanol–water partition coefficient (Wildman–Crippen LogP) is 2.01. The van der Waals surface area contributed by atoms with Crippen LogP contribution in [0.25, 0.3) is 0 Å². The highest BCUT2D eigenvalue weighted by molar-refractivity contribution is 9.10. The molecule has 0 aliphatic carbocycles. The van der Waals surface area contributed by atoms with Crippen molar-refractivity contribution in [3.63, 3.8) is 0 Å². The second-order valence-corrected chi connectivity index (χ2v) is 5.12. The lowest BCUT2D eigenvalue weighted by Gasteiger charge is -2.16. The highest BCUT2D eigenvalue weighted by Crippen LogP contribution is 2.21. The van der Waals surface area contributed by atoms with E-state index in [2.05, 4.69) is 15.9 Å². The molecule has 0 unspecified atom stereocenters. The minimum absolute atomic E-state index is 0.0540. The van der Waals surface area contributed by atoms with E-state index in [1.54, 1.807) is 4.90 Å². The van der Waals surface area contributed by atoms with Crippen LogP contribution in [0.15, 0.2) is 22.7 Å². The number of rotatable bonds is 2. The zero-order valence-corrected chi connectivity index (χ0v) is 10.9. The van der Waals surface area contributed by atoms with Gasteiger partial charge in [-0.25, -0.2) is 4.39 Å². The van der Waals surface area contributed by atoms with E-state index in [1.807, 2.05) is 0 Å². The lowest BCUT2D eigenvalue weighted by atomic mass is 10.1. The Kier molecular flexibility index (Phi) is 3.79. The monoisotopic (exact) mass is 300 g/mol. The first-order chi connectivity index (χ1) is 8.11. The summed E-state index contributed by atoms with van der Waals surface area (Å²) >= 11 is 3.08. The van der Waals surface area contributed by atoms with E-state index in [1.165, 1.54) is 18.2 Å². The van der Waals surface area contributed by atoms with Crippen molar-refractivity contribution in [1.82, 2.24) is 4.90 Å². The molecule has 92 valence electrons. The smallest absolute Gasteiger partial charge is 0.253 e. The van der Waals surface area contributed by atoms with Gasteiger partial charge in [-0.05, 0) is 53.0 Å². The molecule has 1 atom stereocenters. The number of carbonyl (C=O) groups excluding carboxylic acids is 1. The van der Waals surface area contributed by atoms with E-state index in [4.69, 9.17) is 5.73 Å². The van der Waals surface area contributed by atoms with Gasteiger partial charge in [0, 0.05) is 18.7 Å². The second-order valence-electron chi connectivity index (χ2n) is 4.27. The van der Waals surface area contributed by atoms with Gasteiger partial charge in [-0.3, -0.25) is 4.79 Å². The lowest BCUT2D eigenvalue weighted by Crippen LogP contribution is -2.29. The summed E-state index contributed by atoms with van der Waals surface area (Å²) in [6, 6.07) is 4.33. The Bertz CT molecular complexity index is 439. The van der Waals surface area contributed by atoms with Crippen LogP contribution in [0.2, 0.25) is 0 Å². The molecule has 0 aromatic heterocycles. The number of halogens is 2. The molecule has 1 amide bonds. The number of likely N-dealkylation sites (tertiary alicyclic amines) is 1. The lowest BCUT2D eigenvalue weighted by molar-refractivity contribution is 0.0787. The Morgan fingerprint density at radius 3 is 2.94 bits per heavy atom. The SMILES string of the molecule is NC[C@H]1CCN(C(=O)c2ccc(F)c(Br)c2)C1. The number of amides is 1. The van der Waals surface area contributed by atoms with Crippen LogP contribution in [0.4, 0.5) is 4.39 Å². The van der Waals surface area contributed by atoms with Crippen LogP contribution >= 0.6 is 15.9 Å². The maximum Gasteiger partial charge on any atom is 0.253 e. The largest absolute Gasteiger partial charge is 0.338 e. The molecule has 17 heavy (non-hydrogen) atoms. The number of carbonyl (C=O) groups is 1. The van der Waals surface area contributed by atoms with E-state index in [0.717, 1.165) is 13.0 Å². The van der Waals surface area contributed by atoms with Crippen molar-refractivity contribution >= 4 is 21.8 Å². The third kappa shape index (κ3) is 2.66. The first kappa shape index (κ1) is 12.5. The Balaban J connectivity index is 2.12. The summed E-state index contributed by atoms with van der Waals surface area (Å²) in [7, 11) is 0. The molecule has 0 radical (unpaired) electrons. The maximum absolute atomic E-state index is 13.1. The van der Waals surface area contributed by atoms with Gasteiger partial charge in [-0.1, -0.05) is 0 Å². The molecule has 1 aliphatic rings. The first-order valence-corrected chi connectivity index (χ1v) is 6.35. The van der Waals surface area contributed by atoms with Crippen LogP contribution in [0.3, 0.4) is 0 Å². The zero-order chi connectivity index (χ0) is 12.4. The van der Waals surface area contributed by atoms with Crippen molar-refractivity contribution in [2.24, 2.45) is 11.7 Å². The first-order valence-electron chi connectivity index (χ1n) is 5.56. The van der Waals surface area contributed by atoms with Gasteiger partial charge in [0.15, 0.2) is 0 Å². The van der Waals surface area contributed by atoms with Crippen molar-refractivity contribution < 1.29 is 9.18 Å². The Labute approximate surface area is 108 Å². The fourth-order valence-corrected chi connectivity index (χ4v) is 2.40. The zero-order valence-electron chi connectivity index (χ0n) is 9.33. The molecule has 1 saturated heterocycles. The number of hydrogen-bond acceptors (Lipinski definition) is 2. The highest BCUT2D eigenvalue weighted by atomic mass is 79.9. The molecule has 3 nitrogen and oxygen atoms in total. The van der Waals surface area contributed by atoms with Crippen LogP contribution in [0.5, 0.6) is 0 Å². The third-order valence-corrected chi connectivity index (χ3v) is 3.68. The summed E-state index contributed by atoms with van der Waals surface area (Å²) in [5.74, 6) is -0.0210. The molecule has 1 heterocycles. The molecule has 2 N–H and O–H groups in total. The van der Waals surface area contributed by atoms with Gasteiger partial charge >= 0.3 is 0 Å². The number of benzene rings is 1. The minimum Gasteiger partial charge on any atom is -0.338 e. The molecule has 1 aromatic carbocycles. The van der Waals surface area contributed by atoms with Gasteiger partial charge in [0.25, 0.3) is 5.91 Å².